The summed E-state index contributed by atoms with van der Waals surface area (Å²) in [6.45, 7) is 9.74. The average Bonchev–Trinajstić information content (AvgIpc) is 2.45. The lowest BCUT2D eigenvalue weighted by Gasteiger charge is -2.03. The smallest absolute Gasteiger partial charge is 0.0653 e. The van der Waals surface area contributed by atoms with Crippen molar-refractivity contribution in [3.05, 3.63) is 17.0 Å². The lowest BCUT2D eigenvalue weighted by atomic mass is 10.1. The summed E-state index contributed by atoms with van der Waals surface area (Å²) in [5.74, 6) is 0. The van der Waals surface area contributed by atoms with Crippen molar-refractivity contribution in [1.29, 1.82) is 0 Å². The topological polar surface area (TPSA) is 17.8 Å². The fourth-order valence-corrected chi connectivity index (χ4v) is 1.79. The van der Waals surface area contributed by atoms with Crippen molar-refractivity contribution in [3.63, 3.8) is 0 Å². The lowest BCUT2D eigenvalue weighted by Crippen LogP contribution is -2.02. The highest BCUT2D eigenvalue weighted by atomic mass is 15.3. The average molecular weight is 180 g/mol. The van der Waals surface area contributed by atoms with Crippen molar-refractivity contribution in [3.8, 4) is 0 Å². The molecule has 0 aliphatic carbocycles. The first-order valence-corrected chi connectivity index (χ1v) is 5.29. The Morgan fingerprint density at radius 2 is 1.92 bits per heavy atom. The predicted molar refractivity (Wildman–Crippen MR) is 56.0 cm³/mol. The molecule has 13 heavy (non-hydrogen) atoms. The fraction of sp³-hybridized carbons (Fsp3) is 0.727. The van der Waals surface area contributed by atoms with Gasteiger partial charge < -0.3 is 0 Å². The molecule has 1 heterocycles. The second-order valence-electron chi connectivity index (χ2n) is 3.44. The zero-order chi connectivity index (χ0) is 9.84. The highest BCUT2D eigenvalue weighted by molar-refractivity contribution is 5.24. The van der Waals surface area contributed by atoms with Gasteiger partial charge in [-0.25, -0.2) is 0 Å². The Bertz CT molecular complexity index is 274. The zero-order valence-electron chi connectivity index (χ0n) is 9.22. The van der Waals surface area contributed by atoms with Gasteiger partial charge in [-0.15, -0.1) is 0 Å². The van der Waals surface area contributed by atoms with Crippen LogP contribution in [0.4, 0.5) is 0 Å². The monoisotopic (exact) mass is 180 g/mol. The first kappa shape index (κ1) is 10.3. The van der Waals surface area contributed by atoms with Crippen molar-refractivity contribution in [1.82, 2.24) is 9.78 Å². The SMILES string of the molecule is CCCc1c(C)c(CC)nn1CC. The van der Waals surface area contributed by atoms with Gasteiger partial charge in [0.05, 0.1) is 5.69 Å². The van der Waals surface area contributed by atoms with E-state index < -0.39 is 0 Å². The van der Waals surface area contributed by atoms with E-state index >= 15 is 0 Å². The van der Waals surface area contributed by atoms with Crippen molar-refractivity contribution in [2.45, 2.75) is 53.5 Å². The van der Waals surface area contributed by atoms with Crippen molar-refractivity contribution < 1.29 is 0 Å². The first-order valence-electron chi connectivity index (χ1n) is 5.29. The molecule has 0 spiro atoms. The molecule has 0 saturated heterocycles. The summed E-state index contributed by atoms with van der Waals surface area (Å²) in [5.41, 5.74) is 4.11. The number of hydrogen-bond acceptors (Lipinski definition) is 1. The second kappa shape index (κ2) is 4.45. The molecular formula is C11H20N2. The Kier molecular flexibility index (Phi) is 3.52. The molecule has 0 bridgehead atoms. The van der Waals surface area contributed by atoms with E-state index in [4.69, 9.17) is 0 Å². The Morgan fingerprint density at radius 3 is 2.38 bits per heavy atom. The van der Waals surface area contributed by atoms with Crippen LogP contribution in [0.5, 0.6) is 0 Å². The Morgan fingerprint density at radius 1 is 1.23 bits per heavy atom. The largest absolute Gasteiger partial charge is 0.269 e. The molecule has 0 unspecified atom stereocenters. The van der Waals surface area contributed by atoms with Crippen LogP contribution in [0, 0.1) is 6.92 Å². The third-order valence-corrected chi connectivity index (χ3v) is 2.54. The van der Waals surface area contributed by atoms with Gasteiger partial charge in [-0.05, 0) is 32.3 Å². The molecule has 0 radical (unpaired) electrons. The van der Waals surface area contributed by atoms with E-state index in [0.29, 0.717) is 0 Å². The molecule has 1 aromatic rings. The van der Waals surface area contributed by atoms with Crippen molar-refractivity contribution >= 4 is 0 Å². The van der Waals surface area contributed by atoms with Gasteiger partial charge in [0.1, 0.15) is 0 Å². The van der Waals surface area contributed by atoms with Crippen LogP contribution in [0.1, 0.15) is 44.1 Å². The van der Waals surface area contributed by atoms with Gasteiger partial charge in [0.15, 0.2) is 0 Å². The quantitative estimate of drug-likeness (QED) is 0.696. The zero-order valence-corrected chi connectivity index (χ0v) is 9.22. The first-order chi connectivity index (χ1) is 6.24. The fourth-order valence-electron chi connectivity index (χ4n) is 1.79. The number of rotatable bonds is 4. The van der Waals surface area contributed by atoms with Gasteiger partial charge in [0.25, 0.3) is 0 Å². The minimum atomic E-state index is 0.996. The molecule has 2 nitrogen and oxygen atoms in total. The van der Waals surface area contributed by atoms with E-state index in [9.17, 15) is 0 Å². The van der Waals surface area contributed by atoms with Gasteiger partial charge >= 0.3 is 0 Å². The second-order valence-corrected chi connectivity index (χ2v) is 3.44. The van der Waals surface area contributed by atoms with Crippen LogP contribution in [0.15, 0.2) is 0 Å². The van der Waals surface area contributed by atoms with Crippen molar-refractivity contribution in [2.24, 2.45) is 0 Å². The third kappa shape index (κ3) is 1.93. The molecule has 1 aromatic heterocycles. The molecule has 0 amide bonds. The van der Waals surface area contributed by atoms with Gasteiger partial charge in [-0.3, -0.25) is 4.68 Å². The maximum Gasteiger partial charge on any atom is 0.0653 e. The minimum Gasteiger partial charge on any atom is -0.269 e. The van der Waals surface area contributed by atoms with E-state index in [1.165, 1.54) is 23.4 Å². The van der Waals surface area contributed by atoms with E-state index in [1.54, 1.807) is 0 Å². The van der Waals surface area contributed by atoms with Gasteiger partial charge in [-0.1, -0.05) is 20.3 Å². The normalized spacial score (nSPS) is 10.8. The molecule has 0 aliphatic heterocycles. The van der Waals surface area contributed by atoms with E-state index in [2.05, 4.69) is 37.5 Å². The third-order valence-electron chi connectivity index (χ3n) is 2.54. The Hall–Kier alpha value is -0.790. The molecule has 74 valence electrons. The summed E-state index contributed by atoms with van der Waals surface area (Å²) in [6.07, 6.45) is 3.41. The molecule has 2 heteroatoms. The van der Waals surface area contributed by atoms with Crippen LogP contribution in [0.25, 0.3) is 0 Å². The standard InChI is InChI=1S/C11H20N2/c1-5-8-11-9(4)10(6-2)12-13(11)7-3/h5-8H2,1-4H3. The molecular weight excluding hydrogens is 160 g/mol. The molecule has 0 fully saturated rings. The minimum absolute atomic E-state index is 0.996. The van der Waals surface area contributed by atoms with Gasteiger partial charge in [0, 0.05) is 12.2 Å². The van der Waals surface area contributed by atoms with Gasteiger partial charge in [0.2, 0.25) is 0 Å². The summed E-state index contributed by atoms with van der Waals surface area (Å²) < 4.78 is 2.15. The number of nitrogens with zero attached hydrogens (tertiary/aromatic N) is 2. The van der Waals surface area contributed by atoms with Crippen LogP contribution in [0.3, 0.4) is 0 Å². The maximum atomic E-state index is 4.58. The molecule has 0 N–H and O–H groups in total. The van der Waals surface area contributed by atoms with Crippen molar-refractivity contribution in [2.75, 3.05) is 0 Å². The highest BCUT2D eigenvalue weighted by Gasteiger charge is 2.10. The van der Waals surface area contributed by atoms with Crippen LogP contribution >= 0.6 is 0 Å². The molecule has 0 saturated carbocycles. The summed E-state index contributed by atoms with van der Waals surface area (Å²) >= 11 is 0. The van der Waals surface area contributed by atoms with E-state index in [1.807, 2.05) is 0 Å². The van der Waals surface area contributed by atoms with Crippen LogP contribution in [0.2, 0.25) is 0 Å². The van der Waals surface area contributed by atoms with E-state index in [-0.39, 0.29) is 0 Å². The lowest BCUT2D eigenvalue weighted by molar-refractivity contribution is 0.608. The molecule has 0 aliphatic rings. The molecule has 0 aromatic carbocycles. The summed E-state index contributed by atoms with van der Waals surface area (Å²) in [7, 11) is 0. The number of hydrogen-bond donors (Lipinski definition) is 0. The summed E-state index contributed by atoms with van der Waals surface area (Å²) in [4.78, 5) is 0. The number of aryl methyl sites for hydroxylation is 2. The van der Waals surface area contributed by atoms with Gasteiger partial charge in [-0.2, -0.15) is 5.10 Å². The predicted octanol–water partition coefficient (Wildman–Crippen LogP) is 2.73. The Balaban J connectivity index is 3.05. The Labute approximate surface area is 81.0 Å². The summed E-state index contributed by atoms with van der Waals surface area (Å²) in [6, 6.07) is 0. The number of aromatic nitrogens is 2. The van der Waals surface area contributed by atoms with Crippen LogP contribution < -0.4 is 0 Å². The summed E-state index contributed by atoms with van der Waals surface area (Å²) in [5, 5.41) is 4.58. The molecule has 0 atom stereocenters. The van der Waals surface area contributed by atoms with Crippen LogP contribution in [-0.2, 0) is 19.4 Å². The van der Waals surface area contributed by atoms with E-state index in [0.717, 1.165) is 19.4 Å². The maximum absolute atomic E-state index is 4.58. The highest BCUT2D eigenvalue weighted by Crippen LogP contribution is 2.15. The van der Waals surface area contributed by atoms with Crippen LogP contribution in [-0.4, -0.2) is 9.78 Å². The molecule has 1 rings (SSSR count).